The van der Waals surface area contributed by atoms with E-state index >= 15 is 0 Å². The lowest BCUT2D eigenvalue weighted by molar-refractivity contribution is 0.0953. The van der Waals surface area contributed by atoms with Crippen molar-refractivity contribution in [3.05, 3.63) is 50.4 Å². The Morgan fingerprint density at radius 1 is 1.50 bits per heavy atom. The standard InChI is InChI=1S/C13H13BrN2OS/c1-9-11(3-2-4-12(9)14)13(17)15-6-5-10-7-18-8-16-10/h2-4,7-8H,5-6H2,1H3,(H,15,17). The molecule has 1 amide bonds. The Hall–Kier alpha value is -1.20. The highest BCUT2D eigenvalue weighted by Gasteiger charge is 2.09. The highest BCUT2D eigenvalue weighted by atomic mass is 79.9. The number of rotatable bonds is 4. The third kappa shape index (κ3) is 3.17. The van der Waals surface area contributed by atoms with Gasteiger partial charge in [-0.1, -0.05) is 22.0 Å². The zero-order chi connectivity index (χ0) is 13.0. The van der Waals surface area contributed by atoms with Crippen LogP contribution in [0.15, 0.2) is 33.6 Å². The zero-order valence-corrected chi connectivity index (χ0v) is 12.3. The highest BCUT2D eigenvalue weighted by molar-refractivity contribution is 9.10. The summed E-state index contributed by atoms with van der Waals surface area (Å²) in [6.45, 7) is 2.54. The van der Waals surface area contributed by atoms with E-state index in [-0.39, 0.29) is 5.91 Å². The predicted molar refractivity (Wildman–Crippen MR) is 77.0 cm³/mol. The van der Waals surface area contributed by atoms with Crippen LogP contribution in [0, 0.1) is 6.92 Å². The first kappa shape index (κ1) is 13.2. The molecule has 0 fully saturated rings. The average Bonchev–Trinajstić information content (AvgIpc) is 2.85. The molecular weight excluding hydrogens is 312 g/mol. The van der Waals surface area contributed by atoms with Gasteiger partial charge in [0.05, 0.1) is 11.2 Å². The van der Waals surface area contributed by atoms with Crippen LogP contribution >= 0.6 is 27.3 Å². The Bertz CT molecular complexity index is 540. The molecule has 0 bridgehead atoms. The highest BCUT2D eigenvalue weighted by Crippen LogP contribution is 2.19. The summed E-state index contributed by atoms with van der Waals surface area (Å²) in [5.74, 6) is -0.0379. The van der Waals surface area contributed by atoms with Crippen molar-refractivity contribution in [3.63, 3.8) is 0 Å². The van der Waals surface area contributed by atoms with Crippen molar-refractivity contribution in [1.82, 2.24) is 10.3 Å². The molecule has 3 nitrogen and oxygen atoms in total. The molecule has 0 radical (unpaired) electrons. The second kappa shape index (κ2) is 6.11. The second-order valence-corrected chi connectivity index (χ2v) is 5.47. The van der Waals surface area contributed by atoms with E-state index < -0.39 is 0 Å². The number of thiazole rings is 1. The SMILES string of the molecule is Cc1c(Br)cccc1C(=O)NCCc1cscn1. The van der Waals surface area contributed by atoms with Crippen LogP contribution in [0.2, 0.25) is 0 Å². The molecule has 0 atom stereocenters. The summed E-state index contributed by atoms with van der Waals surface area (Å²) in [6, 6.07) is 5.63. The zero-order valence-electron chi connectivity index (χ0n) is 9.94. The number of benzene rings is 1. The summed E-state index contributed by atoms with van der Waals surface area (Å²) in [5.41, 5.74) is 4.49. The molecule has 0 spiro atoms. The molecule has 0 aliphatic heterocycles. The maximum Gasteiger partial charge on any atom is 0.251 e. The average molecular weight is 325 g/mol. The molecule has 1 heterocycles. The Labute approximate surface area is 118 Å². The lowest BCUT2D eigenvalue weighted by Crippen LogP contribution is -2.26. The van der Waals surface area contributed by atoms with Crippen molar-refractivity contribution in [2.75, 3.05) is 6.54 Å². The smallest absolute Gasteiger partial charge is 0.251 e. The summed E-state index contributed by atoms with van der Waals surface area (Å²) >= 11 is 4.99. The van der Waals surface area contributed by atoms with Gasteiger partial charge in [0.25, 0.3) is 5.91 Å². The molecule has 1 aromatic carbocycles. The van der Waals surface area contributed by atoms with Crippen LogP contribution in [0.25, 0.3) is 0 Å². The fourth-order valence-electron chi connectivity index (χ4n) is 1.61. The van der Waals surface area contributed by atoms with Gasteiger partial charge >= 0.3 is 0 Å². The van der Waals surface area contributed by atoms with E-state index in [0.29, 0.717) is 12.1 Å². The van der Waals surface area contributed by atoms with Crippen molar-refractivity contribution in [2.45, 2.75) is 13.3 Å². The first-order valence-corrected chi connectivity index (χ1v) is 7.32. The fourth-order valence-corrected chi connectivity index (χ4v) is 2.57. The third-order valence-corrected chi connectivity index (χ3v) is 4.16. The van der Waals surface area contributed by atoms with E-state index in [2.05, 4.69) is 26.2 Å². The summed E-state index contributed by atoms with van der Waals surface area (Å²) in [5, 5.41) is 4.91. The quantitative estimate of drug-likeness (QED) is 0.938. The summed E-state index contributed by atoms with van der Waals surface area (Å²) in [6.07, 6.45) is 0.766. The van der Waals surface area contributed by atoms with Gasteiger partial charge in [-0.2, -0.15) is 0 Å². The van der Waals surface area contributed by atoms with Crippen molar-refractivity contribution in [2.24, 2.45) is 0 Å². The first-order valence-electron chi connectivity index (χ1n) is 5.59. The first-order chi connectivity index (χ1) is 8.68. The van der Waals surface area contributed by atoms with Gasteiger partial charge in [0.2, 0.25) is 0 Å². The van der Waals surface area contributed by atoms with E-state index in [9.17, 15) is 4.79 Å². The molecular formula is C13H13BrN2OS. The second-order valence-electron chi connectivity index (χ2n) is 3.90. The molecule has 1 aromatic heterocycles. The van der Waals surface area contributed by atoms with Gasteiger partial charge in [0.15, 0.2) is 0 Å². The van der Waals surface area contributed by atoms with Crippen LogP contribution in [0.5, 0.6) is 0 Å². The number of amides is 1. The lowest BCUT2D eigenvalue weighted by Gasteiger charge is -2.08. The molecule has 2 rings (SSSR count). The van der Waals surface area contributed by atoms with E-state index in [1.165, 1.54) is 0 Å². The van der Waals surface area contributed by atoms with E-state index in [0.717, 1.165) is 22.2 Å². The molecule has 0 saturated heterocycles. The molecule has 5 heteroatoms. The Kier molecular flexibility index (Phi) is 4.49. The number of hydrogen-bond donors (Lipinski definition) is 1. The van der Waals surface area contributed by atoms with Crippen LogP contribution in [-0.4, -0.2) is 17.4 Å². The van der Waals surface area contributed by atoms with Crippen LogP contribution in [0.1, 0.15) is 21.6 Å². The lowest BCUT2D eigenvalue weighted by atomic mass is 10.1. The van der Waals surface area contributed by atoms with Gasteiger partial charge in [0, 0.05) is 28.4 Å². The summed E-state index contributed by atoms with van der Waals surface area (Å²) in [4.78, 5) is 16.2. The van der Waals surface area contributed by atoms with Crippen molar-refractivity contribution in [3.8, 4) is 0 Å². The number of nitrogens with zero attached hydrogens (tertiary/aromatic N) is 1. The molecule has 94 valence electrons. The molecule has 0 aliphatic carbocycles. The minimum absolute atomic E-state index is 0.0379. The number of carbonyl (C=O) groups is 1. The van der Waals surface area contributed by atoms with E-state index in [1.807, 2.05) is 30.5 Å². The van der Waals surface area contributed by atoms with Crippen molar-refractivity contribution >= 4 is 33.2 Å². The molecule has 0 saturated carbocycles. The monoisotopic (exact) mass is 324 g/mol. The Morgan fingerprint density at radius 2 is 2.33 bits per heavy atom. The van der Waals surface area contributed by atoms with Crippen LogP contribution in [0.4, 0.5) is 0 Å². The topological polar surface area (TPSA) is 42.0 Å². The number of carbonyl (C=O) groups excluding carboxylic acids is 1. The van der Waals surface area contributed by atoms with Gasteiger partial charge in [0.1, 0.15) is 0 Å². The minimum Gasteiger partial charge on any atom is -0.352 e. The maximum absolute atomic E-state index is 12.0. The van der Waals surface area contributed by atoms with Crippen molar-refractivity contribution in [1.29, 1.82) is 0 Å². The van der Waals surface area contributed by atoms with Crippen LogP contribution in [-0.2, 0) is 6.42 Å². The Morgan fingerprint density at radius 3 is 3.06 bits per heavy atom. The number of halogens is 1. The third-order valence-electron chi connectivity index (χ3n) is 2.66. The van der Waals surface area contributed by atoms with Crippen LogP contribution in [0.3, 0.4) is 0 Å². The predicted octanol–water partition coefficient (Wildman–Crippen LogP) is 3.19. The van der Waals surface area contributed by atoms with Gasteiger partial charge in [-0.3, -0.25) is 4.79 Å². The largest absolute Gasteiger partial charge is 0.352 e. The van der Waals surface area contributed by atoms with Gasteiger partial charge in [-0.15, -0.1) is 11.3 Å². The fraction of sp³-hybridized carbons (Fsp3) is 0.231. The van der Waals surface area contributed by atoms with E-state index in [4.69, 9.17) is 0 Å². The number of aromatic nitrogens is 1. The molecule has 0 unspecified atom stereocenters. The molecule has 18 heavy (non-hydrogen) atoms. The van der Waals surface area contributed by atoms with Gasteiger partial charge < -0.3 is 5.32 Å². The van der Waals surface area contributed by atoms with E-state index in [1.54, 1.807) is 16.8 Å². The number of nitrogens with one attached hydrogen (secondary N) is 1. The molecule has 1 N–H and O–H groups in total. The molecule has 2 aromatic rings. The maximum atomic E-state index is 12.0. The van der Waals surface area contributed by atoms with Crippen molar-refractivity contribution < 1.29 is 4.79 Å². The summed E-state index contributed by atoms with van der Waals surface area (Å²) < 4.78 is 0.953. The minimum atomic E-state index is -0.0379. The normalized spacial score (nSPS) is 10.3. The summed E-state index contributed by atoms with van der Waals surface area (Å²) in [7, 11) is 0. The van der Waals surface area contributed by atoms with Gasteiger partial charge in [-0.05, 0) is 24.6 Å². The molecule has 0 aliphatic rings. The number of hydrogen-bond acceptors (Lipinski definition) is 3. The van der Waals surface area contributed by atoms with Gasteiger partial charge in [-0.25, -0.2) is 4.98 Å². The van der Waals surface area contributed by atoms with Crippen LogP contribution < -0.4 is 5.32 Å². The Balaban J connectivity index is 1.93.